The third kappa shape index (κ3) is 2.54. The number of nitrogens with zero attached hydrogens (tertiary/aromatic N) is 1. The molecular weight excluding hydrogens is 300 g/mol. The number of amides is 1. The van der Waals surface area contributed by atoms with Crippen LogP contribution in [0.1, 0.15) is 24.0 Å². The molecule has 2 aliphatic rings. The lowest BCUT2D eigenvalue weighted by molar-refractivity contribution is -0.135. The van der Waals surface area contributed by atoms with Gasteiger partial charge in [0.1, 0.15) is 0 Å². The fourth-order valence-corrected chi connectivity index (χ4v) is 4.92. The van der Waals surface area contributed by atoms with Gasteiger partial charge in [0.25, 0.3) is 0 Å². The Morgan fingerprint density at radius 3 is 2.45 bits per heavy atom. The van der Waals surface area contributed by atoms with Gasteiger partial charge in [0, 0.05) is 19.3 Å². The SMILES string of the molecule is CS(=O)(=O)C1(C(=O)N2CCc3ccccc3C2)CCNCC1. The zero-order valence-corrected chi connectivity index (χ0v) is 13.7. The summed E-state index contributed by atoms with van der Waals surface area (Å²) in [6, 6.07) is 8.06. The molecule has 0 atom stereocenters. The Morgan fingerprint density at radius 1 is 1.18 bits per heavy atom. The highest BCUT2D eigenvalue weighted by atomic mass is 32.2. The lowest BCUT2D eigenvalue weighted by atomic mass is 9.93. The zero-order valence-electron chi connectivity index (χ0n) is 12.8. The molecule has 1 amide bonds. The van der Waals surface area contributed by atoms with Crippen molar-refractivity contribution >= 4 is 15.7 Å². The topological polar surface area (TPSA) is 66.5 Å². The van der Waals surface area contributed by atoms with Gasteiger partial charge >= 0.3 is 0 Å². The minimum Gasteiger partial charge on any atom is -0.337 e. The summed E-state index contributed by atoms with van der Waals surface area (Å²) in [4.78, 5) is 14.8. The molecule has 6 heteroatoms. The molecule has 2 heterocycles. The van der Waals surface area contributed by atoms with Crippen molar-refractivity contribution in [1.29, 1.82) is 0 Å². The Labute approximate surface area is 131 Å². The van der Waals surface area contributed by atoms with Gasteiger partial charge in [-0.2, -0.15) is 0 Å². The van der Waals surface area contributed by atoms with E-state index in [1.54, 1.807) is 4.90 Å². The molecule has 0 aromatic heterocycles. The van der Waals surface area contributed by atoms with Crippen molar-refractivity contribution in [3.63, 3.8) is 0 Å². The van der Waals surface area contributed by atoms with Crippen LogP contribution in [0.15, 0.2) is 24.3 Å². The van der Waals surface area contributed by atoms with Gasteiger partial charge < -0.3 is 10.2 Å². The number of hydrogen-bond donors (Lipinski definition) is 1. The first-order valence-corrected chi connectivity index (χ1v) is 9.60. The predicted octanol–water partition coefficient (Wildman–Crippen LogP) is 0.738. The van der Waals surface area contributed by atoms with E-state index in [0.29, 0.717) is 39.0 Å². The molecule has 22 heavy (non-hydrogen) atoms. The second kappa shape index (κ2) is 5.66. The van der Waals surface area contributed by atoms with Gasteiger partial charge in [0.15, 0.2) is 14.6 Å². The molecule has 3 rings (SSSR count). The molecule has 120 valence electrons. The van der Waals surface area contributed by atoms with Crippen LogP contribution in [0.2, 0.25) is 0 Å². The maximum absolute atomic E-state index is 13.1. The highest BCUT2D eigenvalue weighted by Gasteiger charge is 2.50. The molecule has 0 spiro atoms. The number of hydrogen-bond acceptors (Lipinski definition) is 4. The van der Waals surface area contributed by atoms with E-state index in [0.717, 1.165) is 12.0 Å². The first-order chi connectivity index (χ1) is 10.4. The van der Waals surface area contributed by atoms with Crippen LogP contribution < -0.4 is 5.32 Å². The number of fused-ring (bicyclic) bond motifs is 1. The zero-order chi connectivity index (χ0) is 15.8. The van der Waals surface area contributed by atoms with Crippen molar-refractivity contribution in [2.75, 3.05) is 25.9 Å². The summed E-state index contributed by atoms with van der Waals surface area (Å²) in [5.74, 6) is -0.217. The standard InChI is InChI=1S/C16H22N2O3S/c1-22(20,21)16(7-9-17-10-8-16)15(19)18-11-6-13-4-2-3-5-14(13)12-18/h2-5,17H,6-12H2,1H3. The van der Waals surface area contributed by atoms with E-state index < -0.39 is 14.6 Å². The van der Waals surface area contributed by atoms with Gasteiger partial charge in [-0.15, -0.1) is 0 Å². The Bertz CT molecular complexity index is 678. The molecule has 0 radical (unpaired) electrons. The largest absolute Gasteiger partial charge is 0.337 e. The van der Waals surface area contributed by atoms with Gasteiger partial charge in [-0.1, -0.05) is 24.3 Å². The van der Waals surface area contributed by atoms with E-state index in [1.807, 2.05) is 18.2 Å². The van der Waals surface area contributed by atoms with E-state index in [2.05, 4.69) is 11.4 Å². The number of piperidine rings is 1. The first kappa shape index (κ1) is 15.5. The Hall–Kier alpha value is -1.40. The molecule has 1 N–H and O–H groups in total. The minimum atomic E-state index is -3.44. The summed E-state index contributed by atoms with van der Waals surface area (Å²) in [5.41, 5.74) is 2.38. The van der Waals surface area contributed by atoms with Crippen molar-refractivity contribution in [3.05, 3.63) is 35.4 Å². The molecule has 2 aliphatic heterocycles. The molecule has 0 saturated carbocycles. The average molecular weight is 322 g/mol. The van der Waals surface area contributed by atoms with Crippen molar-refractivity contribution < 1.29 is 13.2 Å². The van der Waals surface area contributed by atoms with Crippen LogP contribution in [-0.2, 0) is 27.6 Å². The smallest absolute Gasteiger partial charge is 0.244 e. The average Bonchev–Trinajstić information content (AvgIpc) is 2.53. The van der Waals surface area contributed by atoms with Crippen LogP contribution in [0.3, 0.4) is 0 Å². The third-order valence-electron chi connectivity index (χ3n) is 4.93. The molecule has 1 fully saturated rings. The lowest BCUT2D eigenvalue weighted by Gasteiger charge is -2.40. The number of sulfone groups is 1. The van der Waals surface area contributed by atoms with Crippen molar-refractivity contribution in [2.24, 2.45) is 0 Å². The van der Waals surface area contributed by atoms with Gasteiger partial charge in [-0.05, 0) is 43.5 Å². The lowest BCUT2D eigenvalue weighted by Crippen LogP contribution is -2.58. The molecule has 0 aliphatic carbocycles. The molecule has 1 saturated heterocycles. The van der Waals surface area contributed by atoms with E-state index >= 15 is 0 Å². The van der Waals surface area contributed by atoms with Crippen LogP contribution >= 0.6 is 0 Å². The molecule has 5 nitrogen and oxygen atoms in total. The number of carbonyl (C=O) groups is 1. The number of rotatable bonds is 2. The van der Waals surface area contributed by atoms with Crippen LogP contribution in [0.5, 0.6) is 0 Å². The van der Waals surface area contributed by atoms with Crippen molar-refractivity contribution in [2.45, 2.75) is 30.6 Å². The highest BCUT2D eigenvalue weighted by Crippen LogP contribution is 2.32. The van der Waals surface area contributed by atoms with E-state index in [-0.39, 0.29) is 5.91 Å². The van der Waals surface area contributed by atoms with Crippen molar-refractivity contribution in [3.8, 4) is 0 Å². The quantitative estimate of drug-likeness (QED) is 0.872. The minimum absolute atomic E-state index is 0.217. The second-order valence-electron chi connectivity index (χ2n) is 6.26. The number of benzene rings is 1. The van der Waals surface area contributed by atoms with E-state index in [1.165, 1.54) is 11.8 Å². The van der Waals surface area contributed by atoms with Crippen LogP contribution in [0.25, 0.3) is 0 Å². The van der Waals surface area contributed by atoms with Crippen LogP contribution in [0.4, 0.5) is 0 Å². The highest BCUT2D eigenvalue weighted by molar-refractivity contribution is 7.92. The number of carbonyl (C=O) groups excluding carboxylic acids is 1. The van der Waals surface area contributed by atoms with Gasteiger partial charge in [-0.3, -0.25) is 4.79 Å². The first-order valence-electron chi connectivity index (χ1n) is 7.70. The normalized spacial score (nSPS) is 21.2. The fourth-order valence-electron chi connectivity index (χ4n) is 3.53. The summed E-state index contributed by atoms with van der Waals surface area (Å²) in [6.45, 7) is 2.26. The molecular formula is C16H22N2O3S. The monoisotopic (exact) mass is 322 g/mol. The fraction of sp³-hybridized carbons (Fsp3) is 0.562. The Kier molecular flexibility index (Phi) is 3.99. The van der Waals surface area contributed by atoms with E-state index in [4.69, 9.17) is 0 Å². The summed E-state index contributed by atoms with van der Waals surface area (Å²) >= 11 is 0. The predicted molar refractivity (Wildman–Crippen MR) is 85.2 cm³/mol. The van der Waals surface area contributed by atoms with Crippen LogP contribution in [0, 0.1) is 0 Å². The summed E-state index contributed by atoms with van der Waals surface area (Å²) in [5, 5.41) is 3.15. The van der Waals surface area contributed by atoms with Gasteiger partial charge in [0.2, 0.25) is 5.91 Å². The summed E-state index contributed by atoms with van der Waals surface area (Å²) < 4.78 is 23.5. The molecule has 0 bridgehead atoms. The van der Waals surface area contributed by atoms with Crippen molar-refractivity contribution in [1.82, 2.24) is 10.2 Å². The van der Waals surface area contributed by atoms with Crippen LogP contribution in [-0.4, -0.2) is 49.9 Å². The van der Waals surface area contributed by atoms with Gasteiger partial charge in [0.05, 0.1) is 0 Å². The summed E-state index contributed by atoms with van der Waals surface area (Å²) in [7, 11) is -3.44. The number of nitrogens with one attached hydrogen (secondary N) is 1. The maximum atomic E-state index is 13.1. The molecule has 1 aromatic rings. The van der Waals surface area contributed by atoms with E-state index in [9.17, 15) is 13.2 Å². The summed E-state index contributed by atoms with van der Waals surface area (Å²) in [6.07, 6.45) is 2.72. The maximum Gasteiger partial charge on any atom is 0.244 e. The van der Waals surface area contributed by atoms with Gasteiger partial charge in [-0.25, -0.2) is 8.42 Å². The Morgan fingerprint density at radius 2 is 1.82 bits per heavy atom. The second-order valence-corrected chi connectivity index (χ2v) is 8.59. The molecule has 1 aromatic carbocycles. The molecule has 0 unspecified atom stereocenters. The third-order valence-corrected chi connectivity index (χ3v) is 6.93. The Balaban J connectivity index is 1.89.